The van der Waals surface area contributed by atoms with Gasteiger partial charge in [0.05, 0.1) is 0 Å². The molecule has 2 aliphatic rings. The van der Waals surface area contributed by atoms with E-state index in [1.54, 1.807) is 4.90 Å². The molecule has 15 heavy (non-hydrogen) atoms. The first kappa shape index (κ1) is 10.5. The summed E-state index contributed by atoms with van der Waals surface area (Å²) in [6.45, 7) is 2.54. The van der Waals surface area contributed by atoms with E-state index in [0.29, 0.717) is 6.54 Å². The first-order chi connectivity index (χ1) is 7.11. The molecule has 0 aromatic heterocycles. The highest BCUT2D eigenvalue weighted by Crippen LogP contribution is 2.34. The summed E-state index contributed by atoms with van der Waals surface area (Å²) >= 11 is 0. The van der Waals surface area contributed by atoms with E-state index in [1.165, 1.54) is 0 Å². The molecule has 4 nitrogen and oxygen atoms in total. The molecule has 1 amide bonds. The Kier molecular flexibility index (Phi) is 2.67. The molecule has 0 aromatic carbocycles. The molecule has 84 valence electrons. The summed E-state index contributed by atoms with van der Waals surface area (Å²) in [6, 6.07) is -0.591. The lowest BCUT2D eigenvalue weighted by molar-refractivity contribution is -0.155. The van der Waals surface area contributed by atoms with Gasteiger partial charge >= 0.3 is 5.97 Å². The lowest BCUT2D eigenvalue weighted by Gasteiger charge is -2.37. The quantitative estimate of drug-likeness (QED) is 0.744. The number of carboxylic acids is 1. The van der Waals surface area contributed by atoms with Crippen molar-refractivity contribution in [3.63, 3.8) is 0 Å². The summed E-state index contributed by atoms with van der Waals surface area (Å²) in [4.78, 5) is 24.6. The Hall–Kier alpha value is -1.06. The number of nitrogens with zero attached hydrogens (tertiary/aromatic N) is 1. The second-order valence-electron chi connectivity index (χ2n) is 4.71. The topological polar surface area (TPSA) is 57.6 Å². The first-order valence-electron chi connectivity index (χ1n) is 5.64. The Bertz CT molecular complexity index is 286. The van der Waals surface area contributed by atoms with Crippen LogP contribution in [0.3, 0.4) is 0 Å². The van der Waals surface area contributed by atoms with E-state index >= 15 is 0 Å². The summed E-state index contributed by atoms with van der Waals surface area (Å²) in [5.41, 5.74) is 0. The fourth-order valence-electron chi connectivity index (χ4n) is 2.38. The second kappa shape index (κ2) is 3.83. The minimum absolute atomic E-state index is 0.0638. The summed E-state index contributed by atoms with van der Waals surface area (Å²) < 4.78 is 0. The van der Waals surface area contributed by atoms with E-state index in [0.717, 1.165) is 25.7 Å². The van der Waals surface area contributed by atoms with Crippen molar-refractivity contribution in [2.45, 2.75) is 38.6 Å². The number of piperidine rings is 1. The third kappa shape index (κ3) is 1.98. The molecule has 2 unspecified atom stereocenters. The van der Waals surface area contributed by atoms with Gasteiger partial charge in [0.1, 0.15) is 6.04 Å². The molecule has 1 saturated heterocycles. The number of likely N-dealkylation sites (tertiary alicyclic amines) is 1. The summed E-state index contributed by atoms with van der Waals surface area (Å²) in [6.07, 6.45) is 3.72. The minimum atomic E-state index is -0.851. The van der Waals surface area contributed by atoms with Crippen LogP contribution < -0.4 is 0 Å². The average molecular weight is 211 g/mol. The van der Waals surface area contributed by atoms with Crippen LogP contribution in [0.25, 0.3) is 0 Å². The molecule has 0 bridgehead atoms. The highest BCUT2D eigenvalue weighted by molar-refractivity contribution is 5.86. The lowest BCUT2D eigenvalue weighted by Crippen LogP contribution is -2.52. The maximum Gasteiger partial charge on any atom is 0.326 e. The van der Waals surface area contributed by atoms with Gasteiger partial charge in [0, 0.05) is 12.5 Å². The minimum Gasteiger partial charge on any atom is -0.480 e. The number of hydrogen-bond donors (Lipinski definition) is 1. The number of carbonyl (C=O) groups excluding carboxylic acids is 1. The van der Waals surface area contributed by atoms with Crippen molar-refractivity contribution in [1.82, 2.24) is 4.90 Å². The molecule has 2 rings (SSSR count). The Morgan fingerprint density at radius 3 is 2.47 bits per heavy atom. The Labute approximate surface area is 89.3 Å². The Morgan fingerprint density at radius 1 is 1.27 bits per heavy atom. The molecule has 1 heterocycles. The van der Waals surface area contributed by atoms with Crippen LogP contribution in [0.15, 0.2) is 0 Å². The molecular formula is C11H17NO3. The molecule has 1 aliphatic carbocycles. The lowest BCUT2D eigenvalue weighted by atomic mass is 9.90. The van der Waals surface area contributed by atoms with Crippen molar-refractivity contribution >= 4 is 11.9 Å². The van der Waals surface area contributed by atoms with Gasteiger partial charge < -0.3 is 10.0 Å². The third-order valence-electron chi connectivity index (χ3n) is 3.40. The summed E-state index contributed by atoms with van der Waals surface area (Å²) in [7, 11) is 0. The Balaban J connectivity index is 2.12. The van der Waals surface area contributed by atoms with Crippen LogP contribution in [0.2, 0.25) is 0 Å². The largest absolute Gasteiger partial charge is 0.480 e. The van der Waals surface area contributed by atoms with Crippen LogP contribution in [-0.4, -0.2) is 34.5 Å². The van der Waals surface area contributed by atoms with Crippen molar-refractivity contribution in [3.8, 4) is 0 Å². The molecule has 4 heteroatoms. The number of carboxylic acid groups (broad SMARTS) is 1. The van der Waals surface area contributed by atoms with Gasteiger partial charge in [-0.25, -0.2) is 4.79 Å². The van der Waals surface area contributed by atoms with Gasteiger partial charge in [0.25, 0.3) is 0 Å². The predicted molar refractivity (Wildman–Crippen MR) is 54.3 cm³/mol. The Morgan fingerprint density at radius 2 is 1.93 bits per heavy atom. The van der Waals surface area contributed by atoms with Crippen LogP contribution in [0, 0.1) is 11.8 Å². The fourth-order valence-corrected chi connectivity index (χ4v) is 2.38. The SMILES string of the molecule is CC1CCCN(C(=O)C2CC2)C1C(=O)O. The van der Waals surface area contributed by atoms with Gasteiger partial charge in [-0.15, -0.1) is 0 Å². The van der Waals surface area contributed by atoms with E-state index in [-0.39, 0.29) is 17.7 Å². The van der Waals surface area contributed by atoms with E-state index in [9.17, 15) is 9.59 Å². The number of carbonyl (C=O) groups is 2. The maximum atomic E-state index is 11.9. The number of amides is 1. The van der Waals surface area contributed by atoms with Gasteiger partial charge in [0.15, 0.2) is 0 Å². The smallest absolute Gasteiger partial charge is 0.326 e. The van der Waals surface area contributed by atoms with E-state index in [2.05, 4.69) is 0 Å². The van der Waals surface area contributed by atoms with Crippen LogP contribution >= 0.6 is 0 Å². The molecule has 1 aliphatic heterocycles. The van der Waals surface area contributed by atoms with E-state index < -0.39 is 12.0 Å². The van der Waals surface area contributed by atoms with Crippen LogP contribution in [0.4, 0.5) is 0 Å². The van der Waals surface area contributed by atoms with Crippen molar-refractivity contribution in [3.05, 3.63) is 0 Å². The molecule has 1 N–H and O–H groups in total. The zero-order valence-corrected chi connectivity index (χ0v) is 8.98. The fraction of sp³-hybridized carbons (Fsp3) is 0.818. The summed E-state index contributed by atoms with van der Waals surface area (Å²) in [5.74, 6) is -0.582. The van der Waals surface area contributed by atoms with Crippen LogP contribution in [-0.2, 0) is 9.59 Å². The first-order valence-corrected chi connectivity index (χ1v) is 5.64. The standard InChI is InChI=1S/C11H17NO3/c1-7-3-2-6-12(9(7)11(14)15)10(13)8-4-5-8/h7-9H,2-6H2,1H3,(H,14,15). The second-order valence-corrected chi connectivity index (χ2v) is 4.71. The van der Waals surface area contributed by atoms with Gasteiger partial charge in [-0.1, -0.05) is 6.92 Å². The molecular weight excluding hydrogens is 194 g/mol. The third-order valence-corrected chi connectivity index (χ3v) is 3.40. The maximum absolute atomic E-state index is 11.9. The van der Waals surface area contributed by atoms with Gasteiger partial charge in [-0.3, -0.25) is 4.79 Å². The van der Waals surface area contributed by atoms with Crippen LogP contribution in [0.5, 0.6) is 0 Å². The molecule has 2 atom stereocenters. The molecule has 0 spiro atoms. The molecule has 0 radical (unpaired) electrons. The normalized spacial score (nSPS) is 31.4. The molecule has 1 saturated carbocycles. The highest BCUT2D eigenvalue weighted by atomic mass is 16.4. The van der Waals surface area contributed by atoms with E-state index in [1.807, 2.05) is 6.92 Å². The number of aliphatic carboxylic acids is 1. The summed E-state index contributed by atoms with van der Waals surface area (Å²) in [5, 5.41) is 9.14. The van der Waals surface area contributed by atoms with Crippen LogP contribution in [0.1, 0.15) is 32.6 Å². The number of hydrogen-bond acceptors (Lipinski definition) is 2. The zero-order valence-electron chi connectivity index (χ0n) is 8.98. The monoisotopic (exact) mass is 211 g/mol. The number of rotatable bonds is 2. The highest BCUT2D eigenvalue weighted by Gasteiger charge is 2.42. The molecule has 0 aromatic rings. The van der Waals surface area contributed by atoms with E-state index in [4.69, 9.17) is 5.11 Å². The van der Waals surface area contributed by atoms with Gasteiger partial charge in [-0.05, 0) is 31.6 Å². The van der Waals surface area contributed by atoms with Crippen molar-refractivity contribution in [2.24, 2.45) is 11.8 Å². The van der Waals surface area contributed by atoms with Crippen molar-refractivity contribution in [1.29, 1.82) is 0 Å². The van der Waals surface area contributed by atoms with Crippen molar-refractivity contribution in [2.75, 3.05) is 6.54 Å². The van der Waals surface area contributed by atoms with Crippen molar-refractivity contribution < 1.29 is 14.7 Å². The average Bonchev–Trinajstić information content (AvgIpc) is 2.98. The zero-order chi connectivity index (χ0) is 11.0. The molecule has 2 fully saturated rings. The predicted octanol–water partition coefficient (Wildman–Crippen LogP) is 1.11. The van der Waals surface area contributed by atoms with Gasteiger partial charge in [-0.2, -0.15) is 0 Å². The van der Waals surface area contributed by atoms with Gasteiger partial charge in [0.2, 0.25) is 5.91 Å².